The zero-order valence-electron chi connectivity index (χ0n) is 9.34. The first-order valence-electron chi connectivity index (χ1n) is 5.10. The molecule has 0 aliphatic heterocycles. The van der Waals surface area contributed by atoms with Crippen LogP contribution in [0.1, 0.15) is 10.4 Å². The van der Waals surface area contributed by atoms with Crippen LogP contribution in [0.5, 0.6) is 17.2 Å². The Bertz CT molecular complexity index is 506. The summed E-state index contributed by atoms with van der Waals surface area (Å²) in [6.07, 6.45) is 0.768. The Balaban J connectivity index is 2.29. The molecule has 0 bridgehead atoms. The molecule has 3 heteroatoms. The lowest BCUT2D eigenvalue weighted by Gasteiger charge is -2.10. The van der Waals surface area contributed by atoms with Crippen LogP contribution < -0.4 is 9.47 Å². The third kappa shape index (κ3) is 2.64. The van der Waals surface area contributed by atoms with E-state index >= 15 is 0 Å². The lowest BCUT2D eigenvalue weighted by molar-refractivity contribution is 0.112. The molecular weight excluding hydrogens is 216 g/mol. The van der Waals surface area contributed by atoms with Crippen molar-refractivity contribution in [2.45, 2.75) is 0 Å². The third-order valence-corrected chi connectivity index (χ3v) is 2.24. The van der Waals surface area contributed by atoms with Gasteiger partial charge in [-0.05, 0) is 36.4 Å². The second-order valence-electron chi connectivity index (χ2n) is 3.37. The number of benzene rings is 2. The lowest BCUT2D eigenvalue weighted by atomic mass is 10.2. The standard InChI is InChI=1S/C14H11O3/c1-16-14-9-11(10-15)7-8-13(14)17-12-5-3-2-4-6-12/h3-10H,1H3. The van der Waals surface area contributed by atoms with E-state index in [1.165, 1.54) is 7.11 Å². The van der Waals surface area contributed by atoms with Gasteiger partial charge in [0.15, 0.2) is 11.5 Å². The number of carbonyl (C=O) groups is 1. The molecule has 1 radical (unpaired) electrons. The number of hydrogen-bond donors (Lipinski definition) is 0. The van der Waals surface area contributed by atoms with Crippen molar-refractivity contribution in [1.29, 1.82) is 0 Å². The molecule has 0 spiro atoms. The number of carbonyl (C=O) groups excluding carboxylic acids is 1. The van der Waals surface area contributed by atoms with E-state index < -0.39 is 0 Å². The molecule has 0 atom stereocenters. The molecule has 0 N–H and O–H groups in total. The molecular formula is C14H11O3. The Morgan fingerprint density at radius 3 is 2.53 bits per heavy atom. The number of methoxy groups -OCH3 is 1. The minimum atomic E-state index is 0.530. The fraction of sp³-hybridized carbons (Fsp3) is 0.0714. The zero-order chi connectivity index (χ0) is 12.1. The van der Waals surface area contributed by atoms with Crippen LogP contribution in [0.25, 0.3) is 0 Å². The lowest BCUT2D eigenvalue weighted by Crippen LogP contribution is -1.91. The summed E-state index contributed by atoms with van der Waals surface area (Å²) < 4.78 is 10.8. The summed E-state index contributed by atoms with van der Waals surface area (Å²) in [5.74, 6) is 1.80. The minimum Gasteiger partial charge on any atom is -0.493 e. The molecule has 0 amide bonds. The molecule has 0 aliphatic carbocycles. The number of ether oxygens (including phenoxy) is 2. The van der Waals surface area contributed by atoms with Crippen LogP contribution in [0, 0.1) is 6.07 Å². The maximum absolute atomic E-state index is 10.6. The van der Waals surface area contributed by atoms with Gasteiger partial charge in [-0.3, -0.25) is 4.79 Å². The first kappa shape index (κ1) is 11.2. The van der Waals surface area contributed by atoms with Crippen LogP contribution in [0.4, 0.5) is 0 Å². The molecule has 85 valence electrons. The van der Waals surface area contributed by atoms with Gasteiger partial charge in [-0.1, -0.05) is 12.1 Å². The van der Waals surface area contributed by atoms with Crippen LogP contribution >= 0.6 is 0 Å². The Hall–Kier alpha value is -2.29. The molecule has 2 aromatic rings. The van der Waals surface area contributed by atoms with Crippen LogP contribution in [-0.4, -0.2) is 13.4 Å². The van der Waals surface area contributed by atoms with Gasteiger partial charge in [0.25, 0.3) is 0 Å². The quantitative estimate of drug-likeness (QED) is 0.753. The zero-order valence-corrected chi connectivity index (χ0v) is 9.34. The second-order valence-corrected chi connectivity index (χ2v) is 3.37. The van der Waals surface area contributed by atoms with Crippen molar-refractivity contribution in [3.8, 4) is 17.2 Å². The van der Waals surface area contributed by atoms with Crippen molar-refractivity contribution in [3.63, 3.8) is 0 Å². The van der Waals surface area contributed by atoms with Gasteiger partial charge in [0.2, 0.25) is 0 Å². The van der Waals surface area contributed by atoms with E-state index in [2.05, 4.69) is 6.07 Å². The Kier molecular flexibility index (Phi) is 3.40. The van der Waals surface area contributed by atoms with Crippen molar-refractivity contribution >= 4 is 6.29 Å². The maximum atomic E-state index is 10.6. The highest BCUT2D eigenvalue weighted by atomic mass is 16.5. The molecule has 2 aromatic carbocycles. The monoisotopic (exact) mass is 227 g/mol. The van der Waals surface area contributed by atoms with Crippen LogP contribution in [0.15, 0.2) is 42.5 Å². The van der Waals surface area contributed by atoms with Crippen molar-refractivity contribution in [3.05, 3.63) is 54.1 Å². The summed E-state index contributed by atoms with van der Waals surface area (Å²) in [4.78, 5) is 10.6. The second kappa shape index (κ2) is 5.16. The van der Waals surface area contributed by atoms with Gasteiger partial charge in [0, 0.05) is 5.56 Å². The summed E-state index contributed by atoms with van der Waals surface area (Å²) in [5, 5.41) is 0. The van der Waals surface area contributed by atoms with E-state index in [1.807, 2.05) is 0 Å². The van der Waals surface area contributed by atoms with E-state index in [9.17, 15) is 4.79 Å². The molecule has 17 heavy (non-hydrogen) atoms. The average Bonchev–Trinajstić information content (AvgIpc) is 2.40. The summed E-state index contributed by atoms with van der Waals surface area (Å²) in [7, 11) is 1.54. The third-order valence-electron chi connectivity index (χ3n) is 2.24. The Labute approximate surface area is 99.6 Å². The van der Waals surface area contributed by atoms with Gasteiger partial charge in [-0.2, -0.15) is 0 Å². The molecule has 0 heterocycles. The van der Waals surface area contributed by atoms with Crippen molar-refractivity contribution in [2.75, 3.05) is 7.11 Å². The molecule has 0 unspecified atom stereocenters. The fourth-order valence-corrected chi connectivity index (χ4v) is 1.41. The van der Waals surface area contributed by atoms with Gasteiger partial charge >= 0.3 is 0 Å². The van der Waals surface area contributed by atoms with Crippen LogP contribution in [0.3, 0.4) is 0 Å². The molecule has 2 rings (SSSR count). The fourth-order valence-electron chi connectivity index (χ4n) is 1.41. The molecule has 0 aliphatic rings. The van der Waals surface area contributed by atoms with E-state index in [0.717, 1.165) is 6.29 Å². The van der Waals surface area contributed by atoms with Crippen molar-refractivity contribution < 1.29 is 14.3 Å². The minimum absolute atomic E-state index is 0.530. The van der Waals surface area contributed by atoms with E-state index in [0.29, 0.717) is 22.8 Å². The number of rotatable bonds is 4. The first-order valence-corrected chi connectivity index (χ1v) is 5.10. The topological polar surface area (TPSA) is 35.5 Å². The Morgan fingerprint density at radius 2 is 1.88 bits per heavy atom. The maximum Gasteiger partial charge on any atom is 0.169 e. The molecule has 0 saturated heterocycles. The summed E-state index contributed by atoms with van der Waals surface area (Å²) in [5.41, 5.74) is 0.551. The molecule has 0 fully saturated rings. The number of hydrogen-bond acceptors (Lipinski definition) is 3. The van der Waals surface area contributed by atoms with Gasteiger partial charge in [-0.15, -0.1) is 0 Å². The van der Waals surface area contributed by atoms with E-state index in [-0.39, 0.29) is 0 Å². The first-order chi connectivity index (χ1) is 8.33. The highest BCUT2D eigenvalue weighted by Crippen LogP contribution is 2.31. The van der Waals surface area contributed by atoms with E-state index in [1.54, 1.807) is 42.5 Å². The SMILES string of the molecule is COc1cc(C=O)ccc1Oc1cc[c]cc1. The summed E-state index contributed by atoms with van der Waals surface area (Å²) in [6.45, 7) is 0. The molecule has 3 nitrogen and oxygen atoms in total. The van der Waals surface area contributed by atoms with Crippen molar-refractivity contribution in [2.24, 2.45) is 0 Å². The van der Waals surface area contributed by atoms with Gasteiger partial charge in [0.1, 0.15) is 12.0 Å². The van der Waals surface area contributed by atoms with Crippen LogP contribution in [0.2, 0.25) is 0 Å². The van der Waals surface area contributed by atoms with Gasteiger partial charge in [-0.25, -0.2) is 0 Å². The molecule has 0 saturated carbocycles. The largest absolute Gasteiger partial charge is 0.493 e. The predicted molar refractivity (Wildman–Crippen MR) is 63.7 cm³/mol. The van der Waals surface area contributed by atoms with Gasteiger partial charge in [0.05, 0.1) is 7.11 Å². The smallest absolute Gasteiger partial charge is 0.169 e. The summed E-state index contributed by atoms with van der Waals surface area (Å²) >= 11 is 0. The normalized spacial score (nSPS) is 9.71. The van der Waals surface area contributed by atoms with Gasteiger partial charge < -0.3 is 9.47 Å². The Morgan fingerprint density at radius 1 is 1.12 bits per heavy atom. The van der Waals surface area contributed by atoms with E-state index in [4.69, 9.17) is 9.47 Å². The average molecular weight is 227 g/mol. The predicted octanol–water partition coefficient (Wildman–Crippen LogP) is 3.10. The highest BCUT2D eigenvalue weighted by Gasteiger charge is 2.06. The molecule has 0 aromatic heterocycles. The van der Waals surface area contributed by atoms with Crippen molar-refractivity contribution in [1.82, 2.24) is 0 Å². The highest BCUT2D eigenvalue weighted by molar-refractivity contribution is 5.76. The van der Waals surface area contributed by atoms with Crippen LogP contribution in [-0.2, 0) is 0 Å². The number of aldehydes is 1. The summed E-state index contributed by atoms with van der Waals surface area (Å²) in [6, 6.07) is 15.1.